The third-order valence-electron chi connectivity index (χ3n) is 1.05. The summed E-state index contributed by atoms with van der Waals surface area (Å²) in [7, 11) is 1.50. The van der Waals surface area contributed by atoms with E-state index >= 15 is 0 Å². The van der Waals surface area contributed by atoms with Gasteiger partial charge in [-0.3, -0.25) is 0 Å². The molecular formula is C5H12NO4+. The Hall–Kier alpha value is -0.840. The van der Waals surface area contributed by atoms with Crippen molar-refractivity contribution in [2.24, 2.45) is 0 Å². The van der Waals surface area contributed by atoms with Crippen LogP contribution in [-0.2, 0) is 9.57 Å². The topological polar surface area (TPSA) is 58.8 Å². The van der Waals surface area contributed by atoms with Crippen LogP contribution < -0.4 is 0 Å². The number of methoxy groups -OCH3 is 1. The summed E-state index contributed by atoms with van der Waals surface area (Å²) in [5.41, 5.74) is 0. The van der Waals surface area contributed by atoms with Gasteiger partial charge in [-0.15, -0.1) is 0 Å². The highest BCUT2D eigenvalue weighted by atomic mass is 17.0. The molecule has 1 N–H and O–H groups in total. The molecule has 0 aliphatic carbocycles. The van der Waals surface area contributed by atoms with Gasteiger partial charge in [0, 0.05) is 7.11 Å². The van der Waals surface area contributed by atoms with Crippen molar-refractivity contribution in [2.45, 2.75) is 19.4 Å². The Labute approximate surface area is 59.0 Å². The fraction of sp³-hybridized carbons (Fsp3) is 1.00. The van der Waals surface area contributed by atoms with Crippen LogP contribution in [0.1, 0.15) is 13.3 Å². The second-order valence-electron chi connectivity index (χ2n) is 1.83. The van der Waals surface area contributed by atoms with Crippen molar-refractivity contribution in [3.63, 3.8) is 0 Å². The second kappa shape index (κ2) is 4.99. The molecule has 1 unspecified atom stereocenters. The van der Waals surface area contributed by atoms with Gasteiger partial charge < -0.3 is 4.74 Å². The first kappa shape index (κ1) is 9.16. The molecule has 5 nitrogen and oxygen atoms in total. The Bertz CT molecular complexity index is 106. The predicted molar refractivity (Wildman–Crippen MR) is 32.5 cm³/mol. The van der Waals surface area contributed by atoms with Gasteiger partial charge in [-0.1, -0.05) is 6.92 Å². The summed E-state index contributed by atoms with van der Waals surface area (Å²) in [5.74, 6) is 0. The Balaban J connectivity index is 3.49. The van der Waals surface area contributed by atoms with E-state index in [-0.39, 0.29) is 6.10 Å². The molecule has 0 saturated heterocycles. The minimum absolute atomic E-state index is 0.301. The number of ether oxygens (including phenoxy) is 1. The van der Waals surface area contributed by atoms with Crippen LogP contribution in [0.25, 0.3) is 0 Å². The van der Waals surface area contributed by atoms with Crippen molar-refractivity contribution in [1.29, 1.82) is 0 Å². The summed E-state index contributed by atoms with van der Waals surface area (Å²) in [6.45, 7) is 2.13. The van der Waals surface area contributed by atoms with Crippen LogP contribution in [0.2, 0.25) is 0 Å². The zero-order chi connectivity index (χ0) is 7.98. The van der Waals surface area contributed by atoms with Gasteiger partial charge in [-0.05, 0) is 6.42 Å². The van der Waals surface area contributed by atoms with Crippen LogP contribution in [0, 0.1) is 4.91 Å². The fourth-order valence-corrected chi connectivity index (χ4v) is 0.536. The normalized spacial score (nSPS) is 12.6. The van der Waals surface area contributed by atoms with E-state index in [1.54, 1.807) is 0 Å². The zero-order valence-electron chi connectivity index (χ0n) is 6.11. The maximum absolute atomic E-state index is 9.88. The summed E-state index contributed by atoms with van der Waals surface area (Å²) in [6.07, 6.45) is 0.250. The molecule has 0 amide bonds. The molecule has 10 heavy (non-hydrogen) atoms. The van der Waals surface area contributed by atoms with Gasteiger partial charge in [0.1, 0.15) is 4.91 Å². The first-order valence-corrected chi connectivity index (χ1v) is 3.02. The number of hydrogen-bond acceptors (Lipinski definition) is 3. The Morgan fingerprint density at radius 1 is 1.70 bits per heavy atom. The highest BCUT2D eigenvalue weighted by Crippen LogP contribution is 1.96. The van der Waals surface area contributed by atoms with Crippen LogP contribution in [0.4, 0.5) is 0 Å². The van der Waals surface area contributed by atoms with Crippen molar-refractivity contribution < 1.29 is 19.9 Å². The van der Waals surface area contributed by atoms with Gasteiger partial charge in [-0.25, -0.2) is 5.21 Å². The Kier molecular flexibility index (Phi) is 4.57. The zero-order valence-corrected chi connectivity index (χ0v) is 6.11. The molecule has 0 radical (unpaired) electrons. The smallest absolute Gasteiger partial charge is 0.381 e. The number of hydrogen-bond donors (Lipinski definition) is 1. The van der Waals surface area contributed by atoms with Crippen LogP contribution in [0.3, 0.4) is 0 Å². The molecular weight excluding hydrogens is 138 g/mol. The lowest BCUT2D eigenvalue weighted by atomic mass is 10.3. The average molecular weight is 150 g/mol. The van der Waals surface area contributed by atoms with Crippen molar-refractivity contribution >= 4 is 0 Å². The predicted octanol–water partition coefficient (Wildman–Crippen LogP) is 0.511. The molecule has 1 atom stereocenters. The van der Waals surface area contributed by atoms with Crippen molar-refractivity contribution in [2.75, 3.05) is 13.7 Å². The van der Waals surface area contributed by atoms with E-state index in [2.05, 4.69) is 4.84 Å². The van der Waals surface area contributed by atoms with E-state index in [1.165, 1.54) is 7.11 Å². The second-order valence-corrected chi connectivity index (χ2v) is 1.83. The van der Waals surface area contributed by atoms with Crippen LogP contribution in [-0.4, -0.2) is 30.1 Å². The molecule has 5 heteroatoms. The number of rotatable bonds is 5. The van der Waals surface area contributed by atoms with Crippen molar-refractivity contribution in [1.82, 2.24) is 0 Å². The first-order chi connectivity index (χ1) is 4.70. The van der Waals surface area contributed by atoms with Gasteiger partial charge in [0.05, 0.1) is 6.61 Å². The van der Waals surface area contributed by atoms with Gasteiger partial charge in [0.15, 0.2) is 0 Å². The SMILES string of the molecule is CCC(COC)O[N+](=O)O. The molecule has 0 aliphatic heterocycles. The maximum atomic E-state index is 9.88. The van der Waals surface area contributed by atoms with Gasteiger partial charge in [0.2, 0.25) is 6.10 Å². The molecule has 0 bridgehead atoms. The molecule has 0 rings (SSSR count). The molecule has 0 fully saturated rings. The van der Waals surface area contributed by atoms with Crippen LogP contribution in [0.5, 0.6) is 0 Å². The lowest BCUT2D eigenvalue weighted by Crippen LogP contribution is -2.22. The van der Waals surface area contributed by atoms with Crippen molar-refractivity contribution in [3.8, 4) is 0 Å². The molecule has 0 heterocycles. The third-order valence-corrected chi connectivity index (χ3v) is 1.05. The summed E-state index contributed by atoms with van der Waals surface area (Å²) < 4.78 is 4.69. The van der Waals surface area contributed by atoms with Gasteiger partial charge in [-0.2, -0.15) is 4.84 Å². The van der Waals surface area contributed by atoms with Gasteiger partial charge >= 0.3 is 5.09 Å². The van der Waals surface area contributed by atoms with E-state index in [9.17, 15) is 4.91 Å². The quantitative estimate of drug-likeness (QED) is 0.580. The van der Waals surface area contributed by atoms with E-state index in [4.69, 9.17) is 9.94 Å². The molecule has 0 saturated carbocycles. The van der Waals surface area contributed by atoms with Crippen molar-refractivity contribution in [3.05, 3.63) is 4.91 Å². The van der Waals surface area contributed by atoms with Crippen LogP contribution >= 0.6 is 0 Å². The van der Waals surface area contributed by atoms with E-state index in [0.29, 0.717) is 13.0 Å². The Morgan fingerprint density at radius 3 is 2.60 bits per heavy atom. The Morgan fingerprint density at radius 2 is 2.30 bits per heavy atom. The highest BCUT2D eigenvalue weighted by molar-refractivity contribution is 4.47. The number of nitrogens with zero attached hydrogens (tertiary/aromatic N) is 1. The van der Waals surface area contributed by atoms with Crippen LogP contribution in [0.15, 0.2) is 0 Å². The molecule has 0 spiro atoms. The summed E-state index contributed by atoms with van der Waals surface area (Å²) in [6, 6.07) is 0. The highest BCUT2D eigenvalue weighted by Gasteiger charge is 2.16. The summed E-state index contributed by atoms with van der Waals surface area (Å²) in [4.78, 5) is 14.2. The third kappa shape index (κ3) is 4.08. The molecule has 0 aliphatic rings. The first-order valence-electron chi connectivity index (χ1n) is 3.02. The average Bonchev–Trinajstić information content (AvgIpc) is 1.86. The lowest BCUT2D eigenvalue weighted by molar-refractivity contribution is -0.981. The van der Waals surface area contributed by atoms with E-state index < -0.39 is 5.09 Å². The summed E-state index contributed by atoms with van der Waals surface area (Å²) >= 11 is 0. The minimum atomic E-state index is -0.548. The van der Waals surface area contributed by atoms with E-state index in [0.717, 1.165) is 0 Å². The fourth-order valence-electron chi connectivity index (χ4n) is 0.536. The standard InChI is InChI=1S/C5H12NO4/c1-3-5(4-9-2)10-6(7)8/h5H,3-4H2,1-2H3,(H,7,8)/q+1. The molecule has 60 valence electrons. The summed E-state index contributed by atoms with van der Waals surface area (Å²) in [5, 5.41) is 7.53. The monoisotopic (exact) mass is 150 g/mol. The molecule has 0 aromatic rings. The largest absolute Gasteiger partial charge is 0.475 e. The lowest BCUT2D eigenvalue weighted by Gasteiger charge is -2.03. The van der Waals surface area contributed by atoms with E-state index in [1.807, 2.05) is 6.92 Å². The molecule has 0 aromatic heterocycles. The maximum Gasteiger partial charge on any atom is 0.475 e. The molecule has 0 aromatic carbocycles. The van der Waals surface area contributed by atoms with Gasteiger partial charge in [0.25, 0.3) is 0 Å². The minimum Gasteiger partial charge on any atom is -0.381 e.